The molecular weight excluding hydrogens is 194 g/mol. The van der Waals surface area contributed by atoms with E-state index >= 15 is 0 Å². The van der Waals surface area contributed by atoms with E-state index in [2.05, 4.69) is 5.32 Å². The van der Waals surface area contributed by atoms with Gasteiger partial charge in [-0.05, 0) is 26.7 Å². The summed E-state index contributed by atoms with van der Waals surface area (Å²) in [6, 6.07) is -0.454. The lowest BCUT2D eigenvalue weighted by Crippen LogP contribution is -2.54. The van der Waals surface area contributed by atoms with Crippen LogP contribution in [0.1, 0.15) is 40.0 Å². The number of carboxylic acid groups (broad SMARTS) is 1. The molecule has 1 heterocycles. The van der Waals surface area contributed by atoms with E-state index in [9.17, 15) is 4.79 Å². The van der Waals surface area contributed by atoms with Gasteiger partial charge in [-0.15, -0.1) is 0 Å². The predicted octanol–water partition coefficient (Wildman–Crippen LogP) is 1.40. The van der Waals surface area contributed by atoms with Crippen molar-refractivity contribution < 1.29 is 14.6 Å². The molecule has 1 rings (SSSR count). The SMILES string of the molecule is CCCC(NC1(C)CCOC1C)C(=O)O. The molecule has 2 N–H and O–H groups in total. The van der Waals surface area contributed by atoms with Gasteiger partial charge >= 0.3 is 5.97 Å². The second-order valence-electron chi connectivity index (χ2n) is 4.50. The number of aliphatic carboxylic acids is 1. The van der Waals surface area contributed by atoms with E-state index in [1.54, 1.807) is 0 Å². The zero-order chi connectivity index (χ0) is 11.5. The largest absolute Gasteiger partial charge is 0.480 e. The molecule has 0 bridgehead atoms. The molecule has 0 aromatic carbocycles. The van der Waals surface area contributed by atoms with Crippen molar-refractivity contribution in [3.63, 3.8) is 0 Å². The lowest BCUT2D eigenvalue weighted by molar-refractivity contribution is -0.140. The van der Waals surface area contributed by atoms with Crippen LogP contribution in [0, 0.1) is 0 Å². The molecule has 88 valence electrons. The van der Waals surface area contributed by atoms with E-state index < -0.39 is 12.0 Å². The van der Waals surface area contributed by atoms with Crippen LogP contribution in [0.2, 0.25) is 0 Å². The van der Waals surface area contributed by atoms with Crippen molar-refractivity contribution in [2.75, 3.05) is 6.61 Å². The molecule has 0 spiro atoms. The van der Waals surface area contributed by atoms with Crippen LogP contribution in [0.4, 0.5) is 0 Å². The van der Waals surface area contributed by atoms with Gasteiger partial charge in [0.2, 0.25) is 0 Å². The van der Waals surface area contributed by atoms with Crippen LogP contribution in [0.5, 0.6) is 0 Å². The lowest BCUT2D eigenvalue weighted by atomic mass is 9.93. The van der Waals surface area contributed by atoms with Gasteiger partial charge in [-0.1, -0.05) is 13.3 Å². The van der Waals surface area contributed by atoms with Gasteiger partial charge in [0.15, 0.2) is 0 Å². The molecule has 0 aliphatic carbocycles. The fourth-order valence-corrected chi connectivity index (χ4v) is 1.97. The summed E-state index contributed by atoms with van der Waals surface area (Å²) >= 11 is 0. The maximum absolute atomic E-state index is 11.0. The number of hydrogen-bond acceptors (Lipinski definition) is 3. The van der Waals surface area contributed by atoms with Crippen LogP contribution in [0.3, 0.4) is 0 Å². The molecule has 0 amide bonds. The first kappa shape index (κ1) is 12.5. The van der Waals surface area contributed by atoms with Crippen molar-refractivity contribution in [2.45, 2.75) is 57.7 Å². The van der Waals surface area contributed by atoms with Crippen LogP contribution in [-0.2, 0) is 9.53 Å². The smallest absolute Gasteiger partial charge is 0.320 e. The first-order valence-electron chi connectivity index (χ1n) is 5.61. The minimum Gasteiger partial charge on any atom is -0.480 e. The molecule has 15 heavy (non-hydrogen) atoms. The van der Waals surface area contributed by atoms with E-state index in [1.807, 2.05) is 20.8 Å². The zero-order valence-corrected chi connectivity index (χ0v) is 9.75. The molecule has 1 fully saturated rings. The van der Waals surface area contributed by atoms with E-state index in [1.165, 1.54) is 0 Å². The Kier molecular flexibility index (Phi) is 4.11. The number of carboxylic acids is 1. The first-order valence-corrected chi connectivity index (χ1v) is 5.61. The summed E-state index contributed by atoms with van der Waals surface area (Å²) in [6.45, 7) is 6.73. The third-order valence-corrected chi connectivity index (χ3v) is 3.27. The molecule has 1 aliphatic heterocycles. The van der Waals surface area contributed by atoms with Crippen molar-refractivity contribution in [3.05, 3.63) is 0 Å². The summed E-state index contributed by atoms with van der Waals surface area (Å²) in [5.41, 5.74) is -0.196. The standard InChI is InChI=1S/C11H21NO3/c1-4-5-9(10(13)14)12-11(3)6-7-15-8(11)2/h8-9,12H,4-7H2,1-3H3,(H,13,14). The van der Waals surface area contributed by atoms with Gasteiger partial charge in [0.05, 0.1) is 6.10 Å². The molecule has 4 heteroatoms. The Morgan fingerprint density at radius 3 is 2.80 bits per heavy atom. The lowest BCUT2D eigenvalue weighted by Gasteiger charge is -2.32. The number of ether oxygens (including phenoxy) is 1. The van der Waals surface area contributed by atoms with Crippen LogP contribution in [-0.4, -0.2) is 35.4 Å². The van der Waals surface area contributed by atoms with Crippen LogP contribution >= 0.6 is 0 Å². The minimum atomic E-state index is -0.767. The summed E-state index contributed by atoms with van der Waals surface area (Å²) in [6.07, 6.45) is 2.49. The molecule has 4 nitrogen and oxygen atoms in total. The fraction of sp³-hybridized carbons (Fsp3) is 0.909. The third kappa shape index (κ3) is 2.92. The molecule has 1 saturated heterocycles. The Morgan fingerprint density at radius 1 is 1.73 bits per heavy atom. The highest BCUT2D eigenvalue weighted by Crippen LogP contribution is 2.26. The summed E-state index contributed by atoms with van der Waals surface area (Å²) in [5.74, 6) is -0.767. The summed E-state index contributed by atoms with van der Waals surface area (Å²) in [4.78, 5) is 11.0. The molecule has 0 aromatic heterocycles. The van der Waals surface area contributed by atoms with Gasteiger partial charge in [-0.3, -0.25) is 10.1 Å². The fourth-order valence-electron chi connectivity index (χ4n) is 1.97. The minimum absolute atomic E-state index is 0.0798. The third-order valence-electron chi connectivity index (χ3n) is 3.27. The second kappa shape index (κ2) is 4.94. The van der Waals surface area contributed by atoms with E-state index in [0.717, 1.165) is 12.8 Å². The van der Waals surface area contributed by atoms with Crippen LogP contribution < -0.4 is 5.32 Å². The number of rotatable bonds is 5. The number of nitrogens with one attached hydrogen (secondary N) is 1. The highest BCUT2D eigenvalue weighted by Gasteiger charge is 2.39. The second-order valence-corrected chi connectivity index (χ2v) is 4.50. The molecule has 0 saturated carbocycles. The van der Waals surface area contributed by atoms with Crippen molar-refractivity contribution in [3.8, 4) is 0 Å². The molecule has 3 unspecified atom stereocenters. The number of hydrogen-bond donors (Lipinski definition) is 2. The van der Waals surface area contributed by atoms with Gasteiger partial charge in [-0.25, -0.2) is 0 Å². The summed E-state index contributed by atoms with van der Waals surface area (Å²) in [7, 11) is 0. The maximum atomic E-state index is 11.0. The normalized spacial score (nSPS) is 32.9. The highest BCUT2D eigenvalue weighted by atomic mass is 16.5. The van der Waals surface area contributed by atoms with Gasteiger partial charge in [-0.2, -0.15) is 0 Å². The molecule has 3 atom stereocenters. The van der Waals surface area contributed by atoms with Crippen molar-refractivity contribution in [2.24, 2.45) is 0 Å². The Morgan fingerprint density at radius 2 is 2.40 bits per heavy atom. The monoisotopic (exact) mass is 215 g/mol. The Balaban J connectivity index is 2.60. The molecule has 0 radical (unpaired) electrons. The van der Waals surface area contributed by atoms with Crippen LogP contribution in [0.25, 0.3) is 0 Å². The Bertz CT molecular complexity index is 232. The van der Waals surface area contributed by atoms with Gasteiger partial charge in [0.25, 0.3) is 0 Å². The Labute approximate surface area is 91.0 Å². The van der Waals surface area contributed by atoms with E-state index in [4.69, 9.17) is 9.84 Å². The quantitative estimate of drug-likeness (QED) is 0.727. The van der Waals surface area contributed by atoms with Gasteiger partial charge < -0.3 is 9.84 Å². The average molecular weight is 215 g/mol. The first-order chi connectivity index (χ1) is 6.99. The van der Waals surface area contributed by atoms with Gasteiger partial charge in [0.1, 0.15) is 6.04 Å². The van der Waals surface area contributed by atoms with E-state index in [0.29, 0.717) is 13.0 Å². The van der Waals surface area contributed by atoms with Crippen molar-refractivity contribution in [1.29, 1.82) is 0 Å². The number of carbonyl (C=O) groups is 1. The van der Waals surface area contributed by atoms with Crippen molar-refractivity contribution >= 4 is 5.97 Å². The maximum Gasteiger partial charge on any atom is 0.320 e. The zero-order valence-electron chi connectivity index (χ0n) is 9.75. The molecule has 0 aromatic rings. The molecule has 1 aliphatic rings. The van der Waals surface area contributed by atoms with Gasteiger partial charge in [0, 0.05) is 12.1 Å². The predicted molar refractivity (Wildman–Crippen MR) is 57.9 cm³/mol. The summed E-state index contributed by atoms with van der Waals surface area (Å²) < 4.78 is 5.47. The summed E-state index contributed by atoms with van der Waals surface area (Å²) in [5, 5.41) is 12.3. The van der Waals surface area contributed by atoms with Crippen LogP contribution in [0.15, 0.2) is 0 Å². The average Bonchev–Trinajstić information content (AvgIpc) is 2.46. The molecular formula is C11H21NO3. The highest BCUT2D eigenvalue weighted by molar-refractivity contribution is 5.73. The van der Waals surface area contributed by atoms with E-state index in [-0.39, 0.29) is 11.6 Å². The Hall–Kier alpha value is -0.610. The topological polar surface area (TPSA) is 58.6 Å². The van der Waals surface area contributed by atoms with Crippen molar-refractivity contribution in [1.82, 2.24) is 5.32 Å².